The number of nitrogens with one attached hydrogen (secondary N) is 1. The third-order valence-corrected chi connectivity index (χ3v) is 1.70. The van der Waals surface area contributed by atoms with E-state index < -0.39 is 5.82 Å². The molecule has 0 unspecified atom stereocenters. The minimum absolute atomic E-state index is 0.124. The van der Waals surface area contributed by atoms with Gasteiger partial charge in [-0.2, -0.15) is 0 Å². The normalized spacial score (nSPS) is 9.57. The lowest BCUT2D eigenvalue weighted by Crippen LogP contribution is -2.20. The molecular weight excluding hydrogens is 185 g/mol. The maximum absolute atomic E-state index is 13.0. The Balaban J connectivity index is 2.39. The van der Waals surface area contributed by atoms with Crippen LogP contribution in [-0.4, -0.2) is 19.6 Å². The first kappa shape index (κ1) is 10.5. The highest BCUT2D eigenvalue weighted by Crippen LogP contribution is 2.15. The Labute approximate surface area is 81.9 Å². The summed E-state index contributed by atoms with van der Waals surface area (Å²) < 4.78 is 18.0. The predicted octanol–water partition coefficient (Wildman–Crippen LogP) is 1.34. The summed E-state index contributed by atoms with van der Waals surface area (Å²) in [5, 5.41) is 2.45. The van der Waals surface area contributed by atoms with Gasteiger partial charge in [-0.25, -0.2) is 4.39 Å². The van der Waals surface area contributed by atoms with Crippen molar-refractivity contribution in [3.8, 4) is 5.75 Å². The second-order valence-electron chi connectivity index (χ2n) is 2.70. The van der Waals surface area contributed by atoms with Gasteiger partial charge in [0.25, 0.3) is 0 Å². The molecule has 0 aromatic heterocycles. The molecule has 0 atom stereocenters. The molecule has 3 nitrogen and oxygen atoms in total. The summed E-state index contributed by atoms with van der Waals surface area (Å²) in [5.41, 5.74) is 0. The van der Waals surface area contributed by atoms with Crippen molar-refractivity contribution in [2.24, 2.45) is 0 Å². The highest BCUT2D eigenvalue weighted by atomic mass is 19.1. The molecule has 0 aliphatic carbocycles. The van der Waals surface area contributed by atoms with Gasteiger partial charge >= 0.3 is 0 Å². The Hall–Kier alpha value is -1.58. The van der Waals surface area contributed by atoms with E-state index in [1.807, 2.05) is 0 Å². The maximum Gasteiger partial charge on any atom is 0.223 e. The van der Waals surface area contributed by atoms with Gasteiger partial charge in [0.15, 0.2) is 11.6 Å². The molecule has 0 aliphatic rings. The molecule has 76 valence electrons. The third-order valence-electron chi connectivity index (χ3n) is 1.70. The van der Waals surface area contributed by atoms with E-state index in [-0.39, 0.29) is 24.7 Å². The quantitative estimate of drug-likeness (QED) is 0.791. The number of halogens is 1. The molecule has 1 N–H and O–H groups in total. The van der Waals surface area contributed by atoms with Crippen LogP contribution in [0.25, 0.3) is 0 Å². The first-order chi connectivity index (χ1) is 6.74. The van der Waals surface area contributed by atoms with Gasteiger partial charge in [-0.15, -0.1) is 0 Å². The van der Waals surface area contributed by atoms with Gasteiger partial charge in [0.1, 0.15) is 0 Å². The van der Waals surface area contributed by atoms with Gasteiger partial charge in [0, 0.05) is 7.05 Å². The number of carbonyl (C=O) groups excluding carboxylic acids is 1. The fourth-order valence-corrected chi connectivity index (χ4v) is 0.940. The first-order valence-corrected chi connectivity index (χ1v) is 4.32. The standard InChI is InChI=1S/C10H12FNO2/c1-12-10(13)6-7-14-9-5-3-2-4-8(9)11/h2-5H,6-7H2,1H3,(H,12,13). The predicted molar refractivity (Wildman–Crippen MR) is 50.6 cm³/mol. The molecule has 0 fully saturated rings. The molecule has 1 rings (SSSR count). The van der Waals surface area contributed by atoms with E-state index in [4.69, 9.17) is 4.74 Å². The number of benzene rings is 1. The number of amides is 1. The Bertz CT molecular complexity index is 315. The van der Waals surface area contributed by atoms with Gasteiger partial charge in [0.05, 0.1) is 13.0 Å². The lowest BCUT2D eigenvalue weighted by Gasteiger charge is -2.05. The molecule has 1 amide bonds. The Morgan fingerprint density at radius 2 is 2.21 bits per heavy atom. The van der Waals surface area contributed by atoms with Crippen molar-refractivity contribution < 1.29 is 13.9 Å². The van der Waals surface area contributed by atoms with E-state index in [1.54, 1.807) is 19.2 Å². The molecule has 0 aliphatic heterocycles. The average molecular weight is 197 g/mol. The zero-order valence-corrected chi connectivity index (χ0v) is 7.92. The van der Waals surface area contributed by atoms with Crippen molar-refractivity contribution in [1.82, 2.24) is 5.32 Å². The van der Waals surface area contributed by atoms with Crippen LogP contribution >= 0.6 is 0 Å². The molecule has 0 radical (unpaired) electrons. The topological polar surface area (TPSA) is 38.3 Å². The summed E-state index contributed by atoms with van der Waals surface area (Å²) >= 11 is 0. The van der Waals surface area contributed by atoms with Gasteiger partial charge in [-0.05, 0) is 12.1 Å². The van der Waals surface area contributed by atoms with E-state index in [9.17, 15) is 9.18 Å². The molecule has 14 heavy (non-hydrogen) atoms. The largest absolute Gasteiger partial charge is 0.490 e. The molecular formula is C10H12FNO2. The van der Waals surface area contributed by atoms with Crippen LogP contribution in [0.2, 0.25) is 0 Å². The monoisotopic (exact) mass is 197 g/mol. The van der Waals surface area contributed by atoms with Crippen LogP contribution < -0.4 is 10.1 Å². The van der Waals surface area contributed by atoms with Crippen LogP contribution in [0.4, 0.5) is 4.39 Å². The van der Waals surface area contributed by atoms with Crippen LogP contribution in [-0.2, 0) is 4.79 Å². The first-order valence-electron chi connectivity index (χ1n) is 4.32. The molecule has 0 bridgehead atoms. The van der Waals surface area contributed by atoms with Crippen LogP contribution in [0.5, 0.6) is 5.75 Å². The smallest absolute Gasteiger partial charge is 0.223 e. The Morgan fingerprint density at radius 1 is 1.50 bits per heavy atom. The minimum atomic E-state index is -0.413. The van der Waals surface area contributed by atoms with Crippen LogP contribution in [0.15, 0.2) is 24.3 Å². The SMILES string of the molecule is CNC(=O)CCOc1ccccc1F. The molecule has 0 saturated carbocycles. The van der Waals surface area contributed by atoms with E-state index in [2.05, 4.69) is 5.32 Å². The van der Waals surface area contributed by atoms with Crippen LogP contribution in [0.1, 0.15) is 6.42 Å². The van der Waals surface area contributed by atoms with Crippen LogP contribution in [0.3, 0.4) is 0 Å². The molecule has 0 spiro atoms. The van der Waals surface area contributed by atoms with Crippen molar-refractivity contribution in [2.75, 3.05) is 13.7 Å². The molecule has 4 heteroatoms. The highest BCUT2D eigenvalue weighted by Gasteiger charge is 2.02. The zero-order chi connectivity index (χ0) is 10.4. The summed E-state index contributed by atoms with van der Waals surface area (Å²) in [6, 6.07) is 6.10. The second kappa shape index (κ2) is 5.21. The van der Waals surface area contributed by atoms with Gasteiger partial charge in [-0.1, -0.05) is 12.1 Å². The molecule has 1 aromatic carbocycles. The maximum atomic E-state index is 13.0. The Kier molecular flexibility index (Phi) is 3.91. The number of carbonyl (C=O) groups is 1. The summed E-state index contributed by atoms with van der Waals surface area (Å²) in [4.78, 5) is 10.8. The van der Waals surface area contributed by atoms with Crippen molar-refractivity contribution >= 4 is 5.91 Å². The average Bonchev–Trinajstić information content (AvgIpc) is 2.20. The summed E-state index contributed by atoms with van der Waals surface area (Å²) in [6.07, 6.45) is 0.227. The number of hydrogen-bond donors (Lipinski definition) is 1. The number of para-hydroxylation sites is 1. The second-order valence-corrected chi connectivity index (χ2v) is 2.70. The lowest BCUT2D eigenvalue weighted by molar-refractivity contribution is -0.121. The molecule has 1 aromatic rings. The van der Waals surface area contributed by atoms with Crippen molar-refractivity contribution in [3.05, 3.63) is 30.1 Å². The van der Waals surface area contributed by atoms with Gasteiger partial charge in [0.2, 0.25) is 5.91 Å². The van der Waals surface area contributed by atoms with Crippen LogP contribution in [0, 0.1) is 5.82 Å². The van der Waals surface area contributed by atoms with E-state index in [1.165, 1.54) is 12.1 Å². The van der Waals surface area contributed by atoms with Crippen molar-refractivity contribution in [2.45, 2.75) is 6.42 Å². The number of ether oxygens (including phenoxy) is 1. The van der Waals surface area contributed by atoms with E-state index in [0.717, 1.165) is 0 Å². The highest BCUT2D eigenvalue weighted by molar-refractivity contribution is 5.75. The number of rotatable bonds is 4. The molecule has 0 saturated heterocycles. The summed E-state index contributed by atoms with van der Waals surface area (Å²) in [5.74, 6) is -0.359. The van der Waals surface area contributed by atoms with Gasteiger partial charge < -0.3 is 10.1 Å². The summed E-state index contributed by atoms with van der Waals surface area (Å²) in [7, 11) is 1.55. The fraction of sp³-hybridized carbons (Fsp3) is 0.300. The van der Waals surface area contributed by atoms with Crippen molar-refractivity contribution in [1.29, 1.82) is 0 Å². The van der Waals surface area contributed by atoms with Crippen molar-refractivity contribution in [3.63, 3.8) is 0 Å². The lowest BCUT2D eigenvalue weighted by atomic mass is 10.3. The fourth-order valence-electron chi connectivity index (χ4n) is 0.940. The van der Waals surface area contributed by atoms with E-state index in [0.29, 0.717) is 0 Å². The summed E-state index contributed by atoms with van der Waals surface area (Å²) in [6.45, 7) is 0.181. The number of hydrogen-bond acceptors (Lipinski definition) is 2. The van der Waals surface area contributed by atoms with Gasteiger partial charge in [-0.3, -0.25) is 4.79 Å². The van der Waals surface area contributed by atoms with E-state index >= 15 is 0 Å². The molecule has 0 heterocycles. The Morgan fingerprint density at radius 3 is 2.86 bits per heavy atom. The third kappa shape index (κ3) is 3.05. The zero-order valence-electron chi connectivity index (χ0n) is 7.92. The minimum Gasteiger partial charge on any atom is -0.490 e.